The quantitative estimate of drug-likeness (QED) is 0.257. The van der Waals surface area contributed by atoms with Gasteiger partial charge >= 0.3 is 9.05 Å². The number of rotatable bonds is 2. The fraction of sp³-hybridized carbons (Fsp3) is 1.00. The fourth-order valence-corrected chi connectivity index (χ4v) is 0.581. The largest absolute Gasteiger partial charge is 0.671 e. The van der Waals surface area contributed by atoms with E-state index in [-0.39, 0.29) is 36.7 Å². The topological polar surface area (TPSA) is 241 Å². The van der Waals surface area contributed by atoms with Crippen molar-refractivity contribution in [1.29, 1.82) is 0 Å². The van der Waals surface area contributed by atoms with Gasteiger partial charge in [-0.25, -0.2) is 0 Å². The van der Waals surface area contributed by atoms with E-state index in [4.69, 9.17) is 14.4 Å². The Balaban J connectivity index is -0.0000000180. The molecule has 0 aliphatic heterocycles. The summed E-state index contributed by atoms with van der Waals surface area (Å²) in [5.41, 5.74) is 0. The summed E-state index contributed by atoms with van der Waals surface area (Å²) in [4.78, 5) is 24.1. The third-order valence-corrected chi connectivity index (χ3v) is 1.01. The molecule has 0 heterocycles. The molecule has 0 bridgehead atoms. The van der Waals surface area contributed by atoms with E-state index in [1.807, 2.05) is 0 Å². The molecule has 0 aromatic heterocycles. The summed E-state index contributed by atoms with van der Waals surface area (Å²) in [6.07, 6.45) is 0. The van der Waals surface area contributed by atoms with Crippen molar-refractivity contribution >= 4 is 9.05 Å². The molecule has 0 spiro atoms. The van der Waals surface area contributed by atoms with Gasteiger partial charge in [0.2, 0.25) is 0 Å². The second-order valence-electron chi connectivity index (χ2n) is 1.01. The second-order valence-corrected chi connectivity index (χ2v) is 2.44. The molecule has 10 heteroatoms. The highest BCUT2D eigenvalue weighted by Gasteiger charge is 2.28. The van der Waals surface area contributed by atoms with E-state index >= 15 is 0 Å². The third-order valence-electron chi connectivity index (χ3n) is 0.338. The molecule has 0 unspecified atom stereocenters. The minimum absolute atomic E-state index is 0. The average molecular weight is 210 g/mol. The number of hydrogen-bond acceptors (Lipinski definition) is 8. The van der Waals surface area contributed by atoms with Crippen molar-refractivity contribution in [1.82, 2.24) is 24.6 Å². The summed E-state index contributed by atoms with van der Waals surface area (Å²) in [5, 5.41) is 0. The van der Waals surface area contributed by atoms with Gasteiger partial charge in [-0.05, 0) is 6.92 Å². The van der Waals surface area contributed by atoms with E-state index in [0.717, 1.165) is 0 Å². The van der Waals surface area contributed by atoms with Gasteiger partial charge in [-0.3, -0.25) is 0 Å². The highest BCUT2D eigenvalue weighted by Crippen LogP contribution is 1.85. The molecule has 0 radical (unpaired) electrons. The Bertz CT molecular complexity index is 59.9. The van der Waals surface area contributed by atoms with Crippen LogP contribution in [0, 0.1) is 0 Å². The summed E-state index contributed by atoms with van der Waals surface area (Å²) in [6, 6.07) is 0. The molecule has 84 valence electrons. The van der Waals surface area contributed by atoms with E-state index in [2.05, 4.69) is 4.43 Å². The van der Waals surface area contributed by atoms with Gasteiger partial charge < -0.3 is 48.9 Å². The SMILES string of the molecule is CCO[Si](O)(O)O.N.N.N.N.O. The van der Waals surface area contributed by atoms with Gasteiger partial charge in [0.05, 0.1) is 0 Å². The van der Waals surface area contributed by atoms with Crippen molar-refractivity contribution in [3.63, 3.8) is 0 Å². The Morgan fingerprint density at radius 1 is 1.00 bits per heavy atom. The van der Waals surface area contributed by atoms with E-state index in [0.29, 0.717) is 0 Å². The molecule has 0 saturated heterocycles. The zero-order valence-corrected chi connectivity index (χ0v) is 8.29. The van der Waals surface area contributed by atoms with Crippen molar-refractivity contribution in [2.24, 2.45) is 0 Å². The van der Waals surface area contributed by atoms with Crippen molar-refractivity contribution in [2.45, 2.75) is 6.92 Å². The lowest BCUT2D eigenvalue weighted by molar-refractivity contribution is 0.0687. The Labute approximate surface area is 72.5 Å². The van der Waals surface area contributed by atoms with Gasteiger partial charge in [0.15, 0.2) is 0 Å². The molecule has 12 heavy (non-hydrogen) atoms. The Morgan fingerprint density at radius 3 is 1.25 bits per heavy atom. The molecule has 0 aromatic carbocycles. The average Bonchev–Trinajstić information content (AvgIpc) is 1.30. The molecule has 0 saturated carbocycles. The van der Waals surface area contributed by atoms with Crippen LogP contribution in [0.25, 0.3) is 0 Å². The van der Waals surface area contributed by atoms with Crippen molar-refractivity contribution in [2.75, 3.05) is 6.61 Å². The van der Waals surface area contributed by atoms with Crippen LogP contribution in [0.2, 0.25) is 0 Å². The summed E-state index contributed by atoms with van der Waals surface area (Å²) >= 11 is 0. The van der Waals surface area contributed by atoms with Crippen molar-refractivity contribution in [3.8, 4) is 0 Å². The zero-order chi connectivity index (χ0) is 5.91. The van der Waals surface area contributed by atoms with Crippen molar-refractivity contribution < 1.29 is 24.3 Å². The maximum absolute atomic E-state index is 8.05. The highest BCUT2D eigenvalue weighted by molar-refractivity contribution is 6.48. The Kier molecular flexibility index (Phi) is 58.0. The maximum Gasteiger partial charge on any atom is 0.671 e. The minimum Gasteiger partial charge on any atom is -0.412 e. The molecule has 0 rings (SSSR count). The first-order valence-electron chi connectivity index (χ1n) is 1.87. The molecular weight excluding hydrogens is 188 g/mol. The lowest BCUT2D eigenvalue weighted by Crippen LogP contribution is -2.38. The zero-order valence-electron chi connectivity index (χ0n) is 7.29. The van der Waals surface area contributed by atoms with Crippen LogP contribution in [0.5, 0.6) is 0 Å². The van der Waals surface area contributed by atoms with Crippen LogP contribution in [0.4, 0.5) is 0 Å². The van der Waals surface area contributed by atoms with Gasteiger partial charge in [-0.15, -0.1) is 0 Å². The molecule has 0 aromatic rings. The monoisotopic (exact) mass is 210 g/mol. The van der Waals surface area contributed by atoms with Gasteiger partial charge in [-0.2, -0.15) is 0 Å². The predicted octanol–water partition coefficient (Wildman–Crippen LogP) is -1.74. The van der Waals surface area contributed by atoms with Gasteiger partial charge in [0, 0.05) is 6.61 Å². The van der Waals surface area contributed by atoms with Gasteiger partial charge in [0.25, 0.3) is 0 Å². The van der Waals surface area contributed by atoms with Gasteiger partial charge in [-0.1, -0.05) is 0 Å². The minimum atomic E-state index is -4.16. The molecule has 17 N–H and O–H groups in total. The molecule has 0 fully saturated rings. The smallest absolute Gasteiger partial charge is 0.412 e. The molecule has 0 aliphatic rings. The van der Waals surface area contributed by atoms with Gasteiger partial charge in [0.1, 0.15) is 0 Å². The van der Waals surface area contributed by atoms with E-state index in [1.54, 1.807) is 6.92 Å². The second kappa shape index (κ2) is 17.1. The van der Waals surface area contributed by atoms with Crippen LogP contribution in [0.1, 0.15) is 6.92 Å². The summed E-state index contributed by atoms with van der Waals surface area (Å²) < 4.78 is 4.03. The summed E-state index contributed by atoms with van der Waals surface area (Å²) in [6.45, 7) is 1.68. The van der Waals surface area contributed by atoms with Crippen LogP contribution < -0.4 is 24.6 Å². The Hall–Kier alpha value is -0.143. The van der Waals surface area contributed by atoms with Crippen LogP contribution in [-0.4, -0.2) is 35.5 Å². The van der Waals surface area contributed by atoms with Crippen LogP contribution in [-0.2, 0) is 4.43 Å². The molecular formula is C2H22N4O5Si. The third kappa shape index (κ3) is 52.0. The summed E-state index contributed by atoms with van der Waals surface area (Å²) in [7, 11) is -4.16. The fourth-order valence-electron chi connectivity index (χ4n) is 0.194. The van der Waals surface area contributed by atoms with E-state index < -0.39 is 9.05 Å². The van der Waals surface area contributed by atoms with Crippen LogP contribution >= 0.6 is 0 Å². The molecule has 0 atom stereocenters. The Morgan fingerprint density at radius 2 is 1.25 bits per heavy atom. The summed E-state index contributed by atoms with van der Waals surface area (Å²) in [5.74, 6) is 0. The number of hydrogen-bond donors (Lipinski definition) is 7. The molecule has 9 nitrogen and oxygen atoms in total. The molecule has 0 aliphatic carbocycles. The van der Waals surface area contributed by atoms with Crippen LogP contribution in [0.3, 0.4) is 0 Å². The van der Waals surface area contributed by atoms with Crippen molar-refractivity contribution in [3.05, 3.63) is 0 Å². The first-order chi connectivity index (χ1) is 3.06. The predicted molar refractivity (Wildman–Crippen MR) is 47.7 cm³/mol. The maximum atomic E-state index is 8.05. The molecule has 0 amide bonds. The first-order valence-corrected chi connectivity index (χ1v) is 3.62. The normalized spacial score (nSPS) is 7.00. The van der Waals surface area contributed by atoms with Crippen LogP contribution in [0.15, 0.2) is 0 Å². The van der Waals surface area contributed by atoms with E-state index in [1.165, 1.54) is 0 Å². The first kappa shape index (κ1) is 40.7. The standard InChI is InChI=1S/C2H8O4Si.4H3N.H2O/c1-2-6-7(3,4)5;;;;;/h3-5H,2H2,1H3;4*1H3;1H2. The van der Waals surface area contributed by atoms with E-state index in [9.17, 15) is 0 Å². The highest BCUT2D eigenvalue weighted by atomic mass is 28.4. The lowest BCUT2D eigenvalue weighted by Gasteiger charge is -2.05. The lowest BCUT2D eigenvalue weighted by atomic mass is 10.9.